The van der Waals surface area contributed by atoms with E-state index in [0.717, 1.165) is 0 Å². The minimum Gasteiger partial charge on any atom is -0.272 e. The van der Waals surface area contributed by atoms with Gasteiger partial charge in [-0.1, -0.05) is 0 Å². The van der Waals surface area contributed by atoms with Gasteiger partial charge in [0.05, 0.1) is 5.41 Å². The summed E-state index contributed by atoms with van der Waals surface area (Å²) in [7, 11) is 0. The van der Waals surface area contributed by atoms with E-state index in [2.05, 4.69) is 0 Å². The van der Waals surface area contributed by atoms with E-state index in [4.69, 9.17) is 23.4 Å². The molecular formula is C6H7Cl2NO2. The summed E-state index contributed by atoms with van der Waals surface area (Å²) in [6.45, 7) is 3.18. The van der Waals surface area contributed by atoms with E-state index in [-0.39, 0.29) is 0 Å². The topological polar surface area (TPSA) is 37.4 Å². The molecule has 1 unspecified atom stereocenters. The molecule has 3 nitrogen and oxygen atoms in total. The molecule has 11 heavy (non-hydrogen) atoms. The van der Waals surface area contributed by atoms with E-state index < -0.39 is 22.6 Å². The van der Waals surface area contributed by atoms with Crippen molar-refractivity contribution in [3.8, 4) is 0 Å². The molecular weight excluding hydrogens is 189 g/mol. The van der Waals surface area contributed by atoms with E-state index in [9.17, 15) is 9.59 Å². The van der Waals surface area contributed by atoms with Crippen LogP contribution in [0.5, 0.6) is 0 Å². The Hall–Kier alpha value is -0.280. The van der Waals surface area contributed by atoms with Gasteiger partial charge in [0, 0.05) is 11.8 Å². The second-order valence-corrected chi connectivity index (χ2v) is 3.78. The zero-order valence-electron chi connectivity index (χ0n) is 6.10. The number of imide groups is 1. The molecule has 2 amide bonds. The van der Waals surface area contributed by atoms with Crippen LogP contribution >= 0.6 is 23.4 Å². The van der Waals surface area contributed by atoms with Gasteiger partial charge in [0.15, 0.2) is 0 Å². The highest BCUT2D eigenvalue weighted by Crippen LogP contribution is 2.36. The Morgan fingerprint density at radius 1 is 1.45 bits per heavy atom. The van der Waals surface area contributed by atoms with Gasteiger partial charge < -0.3 is 0 Å². The molecule has 1 heterocycles. The molecule has 1 saturated heterocycles. The fourth-order valence-electron chi connectivity index (χ4n) is 0.870. The molecule has 0 saturated carbocycles. The third-order valence-corrected chi connectivity index (χ3v) is 2.83. The van der Waals surface area contributed by atoms with Gasteiger partial charge in [0.25, 0.3) is 11.8 Å². The second-order valence-electron chi connectivity index (χ2n) is 3.01. The van der Waals surface area contributed by atoms with Crippen LogP contribution in [0.15, 0.2) is 0 Å². The normalized spacial score (nSPS) is 29.8. The van der Waals surface area contributed by atoms with Crippen molar-refractivity contribution in [2.24, 2.45) is 5.41 Å². The first-order valence-electron chi connectivity index (χ1n) is 3.07. The van der Waals surface area contributed by atoms with E-state index >= 15 is 0 Å². The van der Waals surface area contributed by atoms with Crippen molar-refractivity contribution in [3.63, 3.8) is 0 Å². The summed E-state index contributed by atoms with van der Waals surface area (Å²) in [5.74, 6) is -0.979. The summed E-state index contributed by atoms with van der Waals surface area (Å²) >= 11 is 11.0. The summed E-state index contributed by atoms with van der Waals surface area (Å²) in [4.78, 5) is 22.1. The largest absolute Gasteiger partial charge is 0.272 e. The summed E-state index contributed by atoms with van der Waals surface area (Å²) < 4.78 is 0.553. The van der Waals surface area contributed by atoms with Crippen LogP contribution in [0.4, 0.5) is 0 Å². The SMILES string of the molecule is CC1(C)C(=O)N(Cl)C(=O)C1Cl. The molecule has 1 atom stereocenters. The molecule has 0 bridgehead atoms. The molecule has 5 heteroatoms. The number of hydrogen-bond acceptors (Lipinski definition) is 2. The smallest absolute Gasteiger partial charge is 0.263 e. The van der Waals surface area contributed by atoms with Crippen LogP contribution in [-0.2, 0) is 9.59 Å². The molecule has 0 aliphatic carbocycles. The van der Waals surface area contributed by atoms with Crippen molar-refractivity contribution in [2.45, 2.75) is 19.2 Å². The summed E-state index contributed by atoms with van der Waals surface area (Å²) in [6, 6.07) is 0. The lowest BCUT2D eigenvalue weighted by Gasteiger charge is -2.14. The van der Waals surface area contributed by atoms with Crippen LogP contribution in [-0.4, -0.2) is 21.6 Å². The highest BCUT2D eigenvalue weighted by Gasteiger charge is 2.52. The number of halogens is 2. The first-order chi connectivity index (χ1) is 4.89. The third kappa shape index (κ3) is 1.03. The zero-order chi connectivity index (χ0) is 8.81. The fraction of sp³-hybridized carbons (Fsp3) is 0.667. The number of rotatable bonds is 0. The quantitative estimate of drug-likeness (QED) is 0.331. The minimum absolute atomic E-state index is 0.441. The first-order valence-corrected chi connectivity index (χ1v) is 3.84. The molecule has 1 rings (SSSR count). The zero-order valence-corrected chi connectivity index (χ0v) is 7.61. The Balaban J connectivity index is 3.06. The van der Waals surface area contributed by atoms with Gasteiger partial charge in [-0.3, -0.25) is 9.59 Å². The number of amides is 2. The Morgan fingerprint density at radius 3 is 2.00 bits per heavy atom. The van der Waals surface area contributed by atoms with Crippen molar-refractivity contribution >= 4 is 35.2 Å². The minimum atomic E-state index is -0.875. The molecule has 1 aliphatic rings. The van der Waals surface area contributed by atoms with Gasteiger partial charge >= 0.3 is 0 Å². The van der Waals surface area contributed by atoms with Gasteiger partial charge in [-0.25, -0.2) is 0 Å². The standard InChI is InChI=1S/C6H7Cl2NO2/c1-6(2)3(7)4(10)9(8)5(6)11/h3H,1-2H3. The summed E-state index contributed by atoms with van der Waals surface area (Å²) in [5, 5.41) is -0.840. The molecule has 1 fully saturated rings. The Bertz CT molecular complexity index is 227. The highest BCUT2D eigenvalue weighted by atomic mass is 35.5. The Morgan fingerprint density at radius 2 is 1.91 bits per heavy atom. The molecule has 1 aliphatic heterocycles. The van der Waals surface area contributed by atoms with Gasteiger partial charge in [-0.2, -0.15) is 4.42 Å². The number of carbonyl (C=O) groups is 2. The van der Waals surface area contributed by atoms with Crippen LogP contribution in [0.2, 0.25) is 0 Å². The lowest BCUT2D eigenvalue weighted by Crippen LogP contribution is -2.28. The van der Waals surface area contributed by atoms with Gasteiger partial charge in [0.2, 0.25) is 0 Å². The average molecular weight is 196 g/mol. The molecule has 0 N–H and O–H groups in total. The average Bonchev–Trinajstić information content (AvgIpc) is 2.06. The number of carbonyl (C=O) groups excluding carboxylic acids is 2. The van der Waals surface area contributed by atoms with E-state index in [0.29, 0.717) is 4.42 Å². The highest BCUT2D eigenvalue weighted by molar-refractivity contribution is 6.44. The summed E-state index contributed by atoms with van der Waals surface area (Å²) in [6.07, 6.45) is 0. The second kappa shape index (κ2) is 2.35. The molecule has 0 aromatic rings. The van der Waals surface area contributed by atoms with Crippen LogP contribution in [0.3, 0.4) is 0 Å². The van der Waals surface area contributed by atoms with E-state index in [1.807, 2.05) is 0 Å². The maximum Gasteiger partial charge on any atom is 0.263 e. The van der Waals surface area contributed by atoms with Gasteiger partial charge in [-0.05, 0) is 13.8 Å². The lowest BCUT2D eigenvalue weighted by molar-refractivity contribution is -0.134. The number of alkyl halides is 1. The maximum absolute atomic E-state index is 11.1. The van der Waals surface area contributed by atoms with Crippen molar-refractivity contribution in [3.05, 3.63) is 0 Å². The molecule has 0 radical (unpaired) electrons. The Labute approximate surface area is 74.4 Å². The van der Waals surface area contributed by atoms with Crippen molar-refractivity contribution in [1.29, 1.82) is 0 Å². The number of hydrogen-bond donors (Lipinski definition) is 0. The van der Waals surface area contributed by atoms with Crippen molar-refractivity contribution in [2.75, 3.05) is 0 Å². The summed E-state index contributed by atoms with van der Waals surface area (Å²) in [5.41, 5.74) is -0.875. The molecule has 0 spiro atoms. The Kier molecular flexibility index (Phi) is 1.89. The maximum atomic E-state index is 11.1. The first kappa shape index (κ1) is 8.81. The predicted molar refractivity (Wildman–Crippen MR) is 41.1 cm³/mol. The van der Waals surface area contributed by atoms with Crippen LogP contribution in [0, 0.1) is 5.41 Å². The molecule has 0 aromatic carbocycles. The number of nitrogens with zero attached hydrogens (tertiary/aromatic N) is 1. The van der Waals surface area contributed by atoms with Crippen LogP contribution in [0.25, 0.3) is 0 Å². The lowest BCUT2D eigenvalue weighted by atomic mass is 9.91. The third-order valence-electron chi connectivity index (χ3n) is 1.77. The fourth-order valence-corrected chi connectivity index (χ4v) is 1.43. The van der Waals surface area contributed by atoms with Crippen molar-refractivity contribution < 1.29 is 9.59 Å². The molecule has 62 valence electrons. The van der Waals surface area contributed by atoms with E-state index in [1.165, 1.54) is 0 Å². The predicted octanol–water partition coefficient (Wildman–Crippen LogP) is 1.14. The van der Waals surface area contributed by atoms with E-state index in [1.54, 1.807) is 13.8 Å². The van der Waals surface area contributed by atoms with Crippen LogP contribution < -0.4 is 0 Å². The monoisotopic (exact) mass is 195 g/mol. The van der Waals surface area contributed by atoms with Crippen LogP contribution in [0.1, 0.15) is 13.8 Å². The van der Waals surface area contributed by atoms with Gasteiger partial charge in [-0.15, -0.1) is 11.6 Å². The van der Waals surface area contributed by atoms with Crippen molar-refractivity contribution in [1.82, 2.24) is 4.42 Å². The molecule has 0 aromatic heterocycles. The van der Waals surface area contributed by atoms with Gasteiger partial charge in [0.1, 0.15) is 5.38 Å².